The minimum absolute atomic E-state index is 0.550. The van der Waals surface area contributed by atoms with Crippen LogP contribution in [0.1, 0.15) is 47.4 Å². The molecule has 2 aliphatic rings. The van der Waals surface area contributed by atoms with Gasteiger partial charge < -0.3 is 15.0 Å². The highest BCUT2D eigenvalue weighted by Crippen LogP contribution is 2.38. The van der Waals surface area contributed by atoms with E-state index < -0.39 is 6.10 Å². The molecule has 0 spiro atoms. The van der Waals surface area contributed by atoms with E-state index in [2.05, 4.69) is 28.1 Å². The zero-order valence-corrected chi connectivity index (χ0v) is 13.8. The summed E-state index contributed by atoms with van der Waals surface area (Å²) in [5, 5.41) is 14.6. The summed E-state index contributed by atoms with van der Waals surface area (Å²) in [6.45, 7) is 2.28. The third kappa shape index (κ3) is 2.05. The number of benzene rings is 2. The second-order valence-corrected chi connectivity index (χ2v) is 7.13. The van der Waals surface area contributed by atoms with Crippen molar-refractivity contribution < 1.29 is 10.4 Å². The van der Waals surface area contributed by atoms with Gasteiger partial charge in [0, 0.05) is 17.3 Å². The molecule has 2 heterocycles. The van der Waals surface area contributed by atoms with Crippen molar-refractivity contribution >= 4 is 10.9 Å². The van der Waals surface area contributed by atoms with E-state index in [4.69, 9.17) is 0 Å². The Morgan fingerprint density at radius 1 is 1.08 bits per heavy atom. The quantitative estimate of drug-likeness (QED) is 0.749. The van der Waals surface area contributed by atoms with E-state index >= 15 is 0 Å². The number of nitrogens with two attached hydrogens (primary N) is 1. The van der Waals surface area contributed by atoms with Crippen molar-refractivity contribution in [2.24, 2.45) is 0 Å². The van der Waals surface area contributed by atoms with Gasteiger partial charge in [0.15, 0.2) is 0 Å². The zero-order valence-electron chi connectivity index (χ0n) is 13.8. The van der Waals surface area contributed by atoms with Crippen molar-refractivity contribution in [3.8, 4) is 0 Å². The van der Waals surface area contributed by atoms with Gasteiger partial charge in [-0.2, -0.15) is 0 Å². The molecular weight excluding hydrogens is 296 g/mol. The summed E-state index contributed by atoms with van der Waals surface area (Å²) >= 11 is 0. The average molecular weight is 319 g/mol. The molecule has 0 saturated carbocycles. The summed E-state index contributed by atoms with van der Waals surface area (Å²) in [4.78, 5) is 0. The number of hydrogen-bond acceptors (Lipinski definition) is 1. The van der Waals surface area contributed by atoms with E-state index in [1.54, 1.807) is 5.69 Å². The Hall–Kier alpha value is -2.10. The SMILES string of the molecule is O[C@@H](c1ccccc1)c1ccc2c(c1)c1c3n2CC[NH2+][C@H]3CCC1. The van der Waals surface area contributed by atoms with Crippen LogP contribution in [0.25, 0.3) is 10.9 Å². The van der Waals surface area contributed by atoms with Crippen LogP contribution in [0.15, 0.2) is 48.5 Å². The molecule has 1 aromatic heterocycles. The summed E-state index contributed by atoms with van der Waals surface area (Å²) in [6.07, 6.45) is 3.20. The predicted octanol–water partition coefficient (Wildman–Crippen LogP) is 2.68. The van der Waals surface area contributed by atoms with E-state index in [0.29, 0.717) is 6.04 Å². The van der Waals surface area contributed by atoms with Crippen molar-refractivity contribution in [1.82, 2.24) is 4.57 Å². The lowest BCUT2D eigenvalue weighted by molar-refractivity contribution is -0.704. The molecule has 0 amide bonds. The number of aryl methyl sites for hydroxylation is 1. The molecule has 3 aromatic rings. The monoisotopic (exact) mass is 319 g/mol. The van der Waals surface area contributed by atoms with Crippen molar-refractivity contribution in [3.05, 3.63) is 70.9 Å². The molecule has 1 aliphatic carbocycles. The summed E-state index contributed by atoms with van der Waals surface area (Å²) in [6, 6.07) is 17.1. The van der Waals surface area contributed by atoms with Crippen molar-refractivity contribution in [3.63, 3.8) is 0 Å². The van der Waals surface area contributed by atoms with Crippen LogP contribution in [-0.4, -0.2) is 16.2 Å². The number of aromatic nitrogens is 1. The predicted molar refractivity (Wildman–Crippen MR) is 94.9 cm³/mol. The van der Waals surface area contributed by atoms with Crippen molar-refractivity contribution in [2.45, 2.75) is 38.0 Å². The van der Waals surface area contributed by atoms with E-state index in [-0.39, 0.29) is 0 Å². The average Bonchev–Trinajstić information content (AvgIpc) is 2.98. The van der Waals surface area contributed by atoms with Crippen LogP contribution in [0.5, 0.6) is 0 Å². The Balaban J connectivity index is 1.67. The molecule has 0 bridgehead atoms. The first kappa shape index (κ1) is 14.3. The van der Waals surface area contributed by atoms with Gasteiger partial charge in [0.05, 0.1) is 18.8 Å². The molecule has 0 saturated heterocycles. The van der Waals surface area contributed by atoms with Gasteiger partial charge in [-0.1, -0.05) is 36.4 Å². The highest BCUT2D eigenvalue weighted by atomic mass is 16.3. The fraction of sp³-hybridized carbons (Fsp3) is 0.333. The summed E-state index contributed by atoms with van der Waals surface area (Å²) < 4.78 is 2.53. The smallest absolute Gasteiger partial charge is 0.127 e. The standard InChI is InChI=1S/C21H22N2O/c24-21(14-5-2-1-3-6-14)15-9-10-19-17(13-15)16-7-4-8-18-20(16)23(19)12-11-22-18/h1-3,5-6,9-10,13,18,21-22,24H,4,7-8,11-12H2/p+1/t18-,21-/m0/s1. The van der Waals surface area contributed by atoms with E-state index in [0.717, 1.165) is 17.7 Å². The topological polar surface area (TPSA) is 41.8 Å². The molecule has 3 N–H and O–H groups in total. The summed E-state index contributed by atoms with van der Waals surface area (Å²) in [5.74, 6) is 0. The summed E-state index contributed by atoms with van der Waals surface area (Å²) in [5.41, 5.74) is 6.39. The largest absolute Gasteiger partial charge is 0.384 e. The molecule has 3 nitrogen and oxygen atoms in total. The van der Waals surface area contributed by atoms with Crippen molar-refractivity contribution in [2.75, 3.05) is 6.54 Å². The highest BCUT2D eigenvalue weighted by Gasteiger charge is 2.32. The number of aliphatic hydroxyl groups is 1. The minimum atomic E-state index is -0.550. The minimum Gasteiger partial charge on any atom is -0.384 e. The highest BCUT2D eigenvalue weighted by molar-refractivity contribution is 5.87. The Morgan fingerprint density at radius 3 is 2.83 bits per heavy atom. The number of rotatable bonds is 2. The number of aliphatic hydroxyl groups excluding tert-OH is 1. The molecular formula is C21H23N2O+. The van der Waals surface area contributed by atoms with Crippen LogP contribution in [0.2, 0.25) is 0 Å². The maximum Gasteiger partial charge on any atom is 0.127 e. The number of fused-ring (bicyclic) bond motifs is 3. The summed E-state index contributed by atoms with van der Waals surface area (Å²) in [7, 11) is 0. The van der Waals surface area contributed by atoms with Gasteiger partial charge >= 0.3 is 0 Å². The number of hydrogen-bond donors (Lipinski definition) is 2. The Morgan fingerprint density at radius 2 is 1.96 bits per heavy atom. The van der Waals surface area contributed by atoms with Crippen LogP contribution >= 0.6 is 0 Å². The van der Waals surface area contributed by atoms with Gasteiger partial charge in [0.2, 0.25) is 0 Å². The zero-order chi connectivity index (χ0) is 16.1. The molecule has 0 unspecified atom stereocenters. The van der Waals surface area contributed by atoms with Crippen LogP contribution in [0.4, 0.5) is 0 Å². The second-order valence-electron chi connectivity index (χ2n) is 7.13. The molecule has 5 rings (SSSR count). The molecule has 122 valence electrons. The van der Waals surface area contributed by atoms with Gasteiger partial charge in [-0.25, -0.2) is 0 Å². The Bertz CT molecular complexity index is 895. The lowest BCUT2D eigenvalue weighted by Gasteiger charge is -2.27. The van der Waals surface area contributed by atoms with Crippen LogP contribution < -0.4 is 5.32 Å². The third-order valence-electron chi connectivity index (χ3n) is 5.76. The van der Waals surface area contributed by atoms with Crippen molar-refractivity contribution in [1.29, 1.82) is 0 Å². The molecule has 2 atom stereocenters. The first-order valence-electron chi connectivity index (χ1n) is 9.04. The van der Waals surface area contributed by atoms with Crippen LogP contribution in [0.3, 0.4) is 0 Å². The molecule has 24 heavy (non-hydrogen) atoms. The Labute approximate surface area is 141 Å². The number of nitrogens with zero attached hydrogens (tertiary/aromatic N) is 1. The molecule has 0 radical (unpaired) electrons. The normalized spacial score (nSPS) is 20.8. The van der Waals surface area contributed by atoms with Crippen LogP contribution in [-0.2, 0) is 13.0 Å². The lowest BCUT2D eigenvalue weighted by atomic mass is 9.90. The number of quaternary nitrogens is 1. The molecule has 1 aliphatic heterocycles. The Kier molecular flexibility index (Phi) is 3.25. The lowest BCUT2D eigenvalue weighted by Crippen LogP contribution is -2.88. The van der Waals surface area contributed by atoms with Gasteiger partial charge in [-0.05, 0) is 41.7 Å². The van der Waals surface area contributed by atoms with E-state index in [9.17, 15) is 5.11 Å². The molecule has 2 aromatic carbocycles. The van der Waals surface area contributed by atoms with Gasteiger partial charge in [0.1, 0.15) is 12.1 Å². The van der Waals surface area contributed by atoms with Gasteiger partial charge in [0.25, 0.3) is 0 Å². The maximum absolute atomic E-state index is 10.8. The second kappa shape index (κ2) is 5.47. The van der Waals surface area contributed by atoms with Gasteiger partial charge in [-0.3, -0.25) is 0 Å². The van der Waals surface area contributed by atoms with Crippen LogP contribution in [0, 0.1) is 0 Å². The maximum atomic E-state index is 10.8. The van der Waals surface area contributed by atoms with E-state index in [1.807, 2.05) is 30.3 Å². The fourth-order valence-electron chi connectivity index (χ4n) is 4.66. The fourth-order valence-corrected chi connectivity index (χ4v) is 4.66. The van der Waals surface area contributed by atoms with E-state index in [1.165, 1.54) is 42.3 Å². The molecule has 0 fully saturated rings. The first-order chi connectivity index (χ1) is 11.8. The van der Waals surface area contributed by atoms with Gasteiger partial charge in [-0.15, -0.1) is 0 Å². The first-order valence-corrected chi connectivity index (χ1v) is 9.04. The third-order valence-corrected chi connectivity index (χ3v) is 5.76. The molecule has 3 heteroatoms.